The van der Waals surface area contributed by atoms with Crippen LogP contribution in [0.3, 0.4) is 0 Å². The zero-order chi connectivity index (χ0) is 10.8. The summed E-state index contributed by atoms with van der Waals surface area (Å²) in [5, 5.41) is 0. The van der Waals surface area contributed by atoms with Crippen molar-refractivity contribution in [3.05, 3.63) is 23.8 Å². The number of rotatable bonds is 2. The van der Waals surface area contributed by atoms with Crippen molar-refractivity contribution in [2.75, 3.05) is 6.61 Å². The van der Waals surface area contributed by atoms with Crippen LogP contribution in [0.5, 0.6) is 5.75 Å². The first-order valence-corrected chi connectivity index (χ1v) is 4.43. The summed E-state index contributed by atoms with van der Waals surface area (Å²) in [6.45, 7) is 2.02. The van der Waals surface area contributed by atoms with E-state index in [2.05, 4.69) is 12.6 Å². The van der Waals surface area contributed by atoms with E-state index in [4.69, 9.17) is 4.74 Å². The molecule has 0 aliphatic carbocycles. The van der Waals surface area contributed by atoms with Gasteiger partial charge in [-0.2, -0.15) is 13.2 Å². The molecule has 14 heavy (non-hydrogen) atoms. The Kier molecular flexibility index (Phi) is 3.31. The van der Waals surface area contributed by atoms with Gasteiger partial charge in [0.25, 0.3) is 0 Å². The molecule has 5 heteroatoms. The maximum atomic E-state index is 12.4. The number of benzene rings is 1. The Bertz CT molecular complexity index is 322. The molecule has 0 unspecified atom stereocenters. The number of hydrogen-bond acceptors (Lipinski definition) is 2. The number of thiol groups is 1. The number of hydrogen-bond donors (Lipinski definition) is 1. The van der Waals surface area contributed by atoms with E-state index in [0.717, 1.165) is 6.07 Å². The van der Waals surface area contributed by atoms with Crippen molar-refractivity contribution in [2.45, 2.75) is 18.0 Å². The average molecular weight is 222 g/mol. The van der Waals surface area contributed by atoms with Gasteiger partial charge in [-0.05, 0) is 19.1 Å². The lowest BCUT2D eigenvalue weighted by Crippen LogP contribution is -2.07. The molecular formula is C9H9F3OS. The van der Waals surface area contributed by atoms with Gasteiger partial charge in [0.15, 0.2) is 0 Å². The fourth-order valence-corrected chi connectivity index (χ4v) is 1.36. The second kappa shape index (κ2) is 4.13. The van der Waals surface area contributed by atoms with Crippen LogP contribution < -0.4 is 4.74 Å². The summed E-state index contributed by atoms with van der Waals surface area (Å²) in [4.78, 5) is -0.165. The van der Waals surface area contributed by atoms with Gasteiger partial charge in [-0.1, -0.05) is 6.07 Å². The minimum atomic E-state index is -4.38. The SMILES string of the molecule is CCOc1cccc(C(F)(F)F)c1S. The topological polar surface area (TPSA) is 9.23 Å². The van der Waals surface area contributed by atoms with Gasteiger partial charge in [0.1, 0.15) is 5.75 Å². The van der Waals surface area contributed by atoms with Gasteiger partial charge in [-0.3, -0.25) is 0 Å². The fraction of sp³-hybridized carbons (Fsp3) is 0.333. The molecule has 0 N–H and O–H groups in total. The highest BCUT2D eigenvalue weighted by atomic mass is 32.1. The van der Waals surface area contributed by atoms with E-state index in [1.54, 1.807) is 6.92 Å². The standard InChI is InChI=1S/C9H9F3OS/c1-2-13-7-5-3-4-6(8(7)14)9(10,11)12/h3-5,14H,2H2,1H3. The summed E-state index contributed by atoms with van der Waals surface area (Å²) in [5.41, 5.74) is -0.771. The van der Waals surface area contributed by atoms with E-state index >= 15 is 0 Å². The molecule has 1 rings (SSSR count). The van der Waals surface area contributed by atoms with Gasteiger partial charge in [-0.15, -0.1) is 12.6 Å². The van der Waals surface area contributed by atoms with Crippen LogP contribution in [0.4, 0.5) is 13.2 Å². The van der Waals surface area contributed by atoms with Gasteiger partial charge < -0.3 is 4.74 Å². The lowest BCUT2D eigenvalue weighted by Gasteiger charge is -2.12. The van der Waals surface area contributed by atoms with Crippen LogP contribution in [0.25, 0.3) is 0 Å². The van der Waals surface area contributed by atoms with E-state index in [-0.39, 0.29) is 10.6 Å². The van der Waals surface area contributed by atoms with E-state index in [9.17, 15) is 13.2 Å². The van der Waals surface area contributed by atoms with E-state index in [1.807, 2.05) is 0 Å². The Balaban J connectivity index is 3.14. The largest absolute Gasteiger partial charge is 0.493 e. The molecule has 0 spiro atoms. The van der Waals surface area contributed by atoms with Crippen LogP contribution in [-0.2, 0) is 6.18 Å². The summed E-state index contributed by atoms with van der Waals surface area (Å²) in [7, 11) is 0. The van der Waals surface area contributed by atoms with E-state index in [1.165, 1.54) is 12.1 Å². The van der Waals surface area contributed by atoms with Crippen molar-refractivity contribution in [1.29, 1.82) is 0 Å². The molecule has 0 atom stereocenters. The molecule has 0 heterocycles. The van der Waals surface area contributed by atoms with Crippen molar-refractivity contribution in [1.82, 2.24) is 0 Å². The normalized spacial score (nSPS) is 11.5. The molecule has 0 fully saturated rings. The van der Waals surface area contributed by atoms with Crippen molar-refractivity contribution in [3.8, 4) is 5.75 Å². The highest BCUT2D eigenvalue weighted by molar-refractivity contribution is 7.80. The average Bonchev–Trinajstić information content (AvgIpc) is 2.07. The first-order chi connectivity index (χ1) is 6.46. The van der Waals surface area contributed by atoms with Crippen molar-refractivity contribution < 1.29 is 17.9 Å². The monoisotopic (exact) mass is 222 g/mol. The second-order valence-electron chi connectivity index (χ2n) is 2.58. The molecule has 0 radical (unpaired) electrons. The Morgan fingerprint density at radius 2 is 2.00 bits per heavy atom. The minimum Gasteiger partial charge on any atom is -0.493 e. The van der Waals surface area contributed by atoms with Gasteiger partial charge >= 0.3 is 6.18 Å². The van der Waals surface area contributed by atoms with Gasteiger partial charge in [-0.25, -0.2) is 0 Å². The molecule has 0 saturated heterocycles. The lowest BCUT2D eigenvalue weighted by molar-refractivity contribution is -0.139. The third-order valence-corrected chi connectivity index (χ3v) is 2.07. The van der Waals surface area contributed by atoms with Crippen molar-refractivity contribution in [3.63, 3.8) is 0 Å². The molecule has 0 bridgehead atoms. The molecule has 1 aromatic rings. The quantitative estimate of drug-likeness (QED) is 0.754. The summed E-state index contributed by atoms with van der Waals surface area (Å²) < 4.78 is 42.1. The number of ether oxygens (including phenoxy) is 1. The smallest absolute Gasteiger partial charge is 0.417 e. The van der Waals surface area contributed by atoms with Crippen LogP contribution in [-0.4, -0.2) is 6.61 Å². The molecule has 0 saturated carbocycles. The molecular weight excluding hydrogens is 213 g/mol. The minimum absolute atomic E-state index is 0.158. The number of halogens is 3. The van der Waals surface area contributed by atoms with Crippen LogP contribution in [0.2, 0.25) is 0 Å². The molecule has 78 valence electrons. The Hall–Kier alpha value is -0.840. The zero-order valence-corrected chi connectivity index (χ0v) is 8.32. The van der Waals surface area contributed by atoms with Crippen LogP contribution in [0.1, 0.15) is 12.5 Å². The van der Waals surface area contributed by atoms with Gasteiger partial charge in [0.2, 0.25) is 0 Å². The fourth-order valence-electron chi connectivity index (χ4n) is 1.02. The molecule has 0 aromatic heterocycles. The predicted molar refractivity (Wildman–Crippen MR) is 49.9 cm³/mol. The molecule has 0 aliphatic rings. The Labute approximate surface area is 85.3 Å². The summed E-state index contributed by atoms with van der Waals surface area (Å²) >= 11 is 3.79. The van der Waals surface area contributed by atoms with E-state index in [0.29, 0.717) is 6.61 Å². The van der Waals surface area contributed by atoms with Crippen LogP contribution >= 0.6 is 12.6 Å². The van der Waals surface area contributed by atoms with Crippen molar-refractivity contribution >= 4 is 12.6 Å². The first kappa shape index (κ1) is 11.2. The van der Waals surface area contributed by atoms with Crippen LogP contribution in [0, 0.1) is 0 Å². The summed E-state index contributed by atoms with van der Waals surface area (Å²) in [5.74, 6) is 0.158. The Morgan fingerprint density at radius 3 is 2.50 bits per heavy atom. The first-order valence-electron chi connectivity index (χ1n) is 3.98. The molecule has 0 aliphatic heterocycles. The van der Waals surface area contributed by atoms with Crippen molar-refractivity contribution in [2.24, 2.45) is 0 Å². The highest BCUT2D eigenvalue weighted by Crippen LogP contribution is 2.37. The van der Waals surface area contributed by atoms with Gasteiger partial charge in [0.05, 0.1) is 17.1 Å². The third-order valence-electron chi connectivity index (χ3n) is 1.60. The Morgan fingerprint density at radius 1 is 1.36 bits per heavy atom. The molecule has 0 amide bonds. The summed E-state index contributed by atoms with van der Waals surface area (Å²) in [6.07, 6.45) is -4.38. The third kappa shape index (κ3) is 2.35. The molecule has 1 aromatic carbocycles. The molecule has 1 nitrogen and oxygen atoms in total. The zero-order valence-electron chi connectivity index (χ0n) is 7.43. The van der Waals surface area contributed by atoms with Gasteiger partial charge in [0, 0.05) is 0 Å². The highest BCUT2D eigenvalue weighted by Gasteiger charge is 2.33. The van der Waals surface area contributed by atoms with Crippen LogP contribution in [0.15, 0.2) is 23.1 Å². The maximum Gasteiger partial charge on any atom is 0.417 e. The maximum absolute atomic E-state index is 12.4. The summed E-state index contributed by atoms with van der Waals surface area (Å²) in [6, 6.07) is 3.74. The number of alkyl halides is 3. The lowest BCUT2D eigenvalue weighted by atomic mass is 10.2. The second-order valence-corrected chi connectivity index (χ2v) is 3.03. The van der Waals surface area contributed by atoms with E-state index < -0.39 is 11.7 Å². The predicted octanol–water partition coefficient (Wildman–Crippen LogP) is 3.39.